The molecule has 0 aliphatic rings. The van der Waals surface area contributed by atoms with Crippen LogP contribution in [0.5, 0.6) is 5.75 Å². The molecule has 0 aliphatic carbocycles. The number of esters is 1. The minimum Gasteiger partial charge on any atom is -0.484 e. The molecule has 1 aromatic heterocycles. The highest BCUT2D eigenvalue weighted by atomic mass is 19.4. The van der Waals surface area contributed by atoms with Crippen molar-refractivity contribution in [2.24, 2.45) is 0 Å². The van der Waals surface area contributed by atoms with Crippen molar-refractivity contribution in [3.63, 3.8) is 0 Å². The Balaban J connectivity index is 2.35. The molecule has 2 aromatic rings. The first kappa shape index (κ1) is 19.1. The highest BCUT2D eigenvalue weighted by Crippen LogP contribution is 2.23. The fraction of sp³-hybridized carbons (Fsp3) is 0.235. The van der Waals surface area contributed by atoms with Gasteiger partial charge in [0, 0.05) is 5.69 Å². The van der Waals surface area contributed by atoms with E-state index < -0.39 is 24.3 Å². The van der Waals surface area contributed by atoms with E-state index in [-0.39, 0.29) is 29.2 Å². The van der Waals surface area contributed by atoms with Gasteiger partial charge in [-0.2, -0.15) is 18.4 Å². The maximum Gasteiger partial charge on any atom is 0.422 e. The minimum atomic E-state index is -4.45. The molecule has 0 bridgehead atoms. The molecule has 9 heteroatoms. The number of nitrogens with one attached hydrogen (secondary N) is 1. The second-order valence-corrected chi connectivity index (χ2v) is 5.06. The molecule has 0 atom stereocenters. The zero-order valence-electron chi connectivity index (χ0n) is 13.5. The predicted molar refractivity (Wildman–Crippen MR) is 84.7 cm³/mol. The summed E-state index contributed by atoms with van der Waals surface area (Å²) in [6, 6.07) is 8.35. The first-order valence-corrected chi connectivity index (χ1v) is 7.39. The van der Waals surface area contributed by atoms with E-state index in [2.05, 4.69) is 9.72 Å². The van der Waals surface area contributed by atoms with Gasteiger partial charge in [0.15, 0.2) is 6.61 Å². The van der Waals surface area contributed by atoms with E-state index in [1.54, 1.807) is 13.0 Å². The minimum absolute atomic E-state index is 0.00677. The quantitative estimate of drug-likeness (QED) is 0.821. The molecule has 26 heavy (non-hydrogen) atoms. The first-order valence-electron chi connectivity index (χ1n) is 7.39. The lowest BCUT2D eigenvalue weighted by Crippen LogP contribution is -2.19. The fourth-order valence-electron chi connectivity index (χ4n) is 2.09. The summed E-state index contributed by atoms with van der Waals surface area (Å²) in [5.41, 5.74) is -0.718. The Morgan fingerprint density at radius 1 is 1.27 bits per heavy atom. The molecule has 2 rings (SSSR count). The van der Waals surface area contributed by atoms with Crippen LogP contribution in [0.25, 0.3) is 11.3 Å². The largest absolute Gasteiger partial charge is 0.484 e. The summed E-state index contributed by atoms with van der Waals surface area (Å²) in [4.78, 5) is 26.4. The zero-order chi connectivity index (χ0) is 19.3. The van der Waals surface area contributed by atoms with Gasteiger partial charge in [-0.05, 0) is 42.8 Å². The molecule has 0 saturated carbocycles. The number of hydrogen-bond acceptors (Lipinski definition) is 5. The van der Waals surface area contributed by atoms with Gasteiger partial charge in [0.1, 0.15) is 17.4 Å². The number of aromatic nitrogens is 1. The predicted octanol–water partition coefficient (Wildman–Crippen LogP) is 3.03. The van der Waals surface area contributed by atoms with E-state index in [9.17, 15) is 22.8 Å². The fourth-order valence-corrected chi connectivity index (χ4v) is 2.09. The van der Waals surface area contributed by atoms with Gasteiger partial charge in [-0.15, -0.1) is 0 Å². The van der Waals surface area contributed by atoms with Gasteiger partial charge < -0.3 is 14.5 Å². The number of benzene rings is 1. The molecular weight excluding hydrogens is 353 g/mol. The summed E-state index contributed by atoms with van der Waals surface area (Å²) < 4.78 is 45.9. The van der Waals surface area contributed by atoms with Gasteiger partial charge in [-0.25, -0.2) is 4.79 Å². The number of carbonyl (C=O) groups excluding carboxylic acids is 1. The van der Waals surface area contributed by atoms with E-state index in [0.717, 1.165) is 0 Å². The van der Waals surface area contributed by atoms with Crippen LogP contribution in [-0.2, 0) is 4.74 Å². The van der Waals surface area contributed by atoms with Crippen molar-refractivity contribution in [3.05, 3.63) is 51.8 Å². The number of pyridine rings is 1. The monoisotopic (exact) mass is 366 g/mol. The van der Waals surface area contributed by atoms with E-state index >= 15 is 0 Å². The normalized spacial score (nSPS) is 10.9. The number of nitrogens with zero attached hydrogens (tertiary/aromatic N) is 1. The third-order valence-corrected chi connectivity index (χ3v) is 3.21. The smallest absolute Gasteiger partial charge is 0.422 e. The lowest BCUT2D eigenvalue weighted by molar-refractivity contribution is -0.153. The average Bonchev–Trinajstić information content (AvgIpc) is 2.59. The molecule has 6 nitrogen and oxygen atoms in total. The highest BCUT2D eigenvalue weighted by molar-refractivity contribution is 5.93. The number of ether oxygens (including phenoxy) is 2. The number of nitriles is 1. The molecule has 1 heterocycles. The third-order valence-electron chi connectivity index (χ3n) is 3.21. The Labute approximate surface area is 145 Å². The molecule has 1 aromatic carbocycles. The number of hydrogen-bond donors (Lipinski definition) is 1. The number of aromatic amines is 1. The SMILES string of the molecule is CCOC(=O)c1cc(-c2ccc(OCC(F)(F)F)cc2)[nH]c(=O)c1C#N. The summed E-state index contributed by atoms with van der Waals surface area (Å²) in [5, 5.41) is 9.05. The number of halogens is 3. The number of alkyl halides is 3. The van der Waals surface area contributed by atoms with Gasteiger partial charge in [0.25, 0.3) is 5.56 Å². The van der Waals surface area contributed by atoms with Crippen LogP contribution < -0.4 is 10.3 Å². The van der Waals surface area contributed by atoms with Crippen molar-refractivity contribution in [1.29, 1.82) is 5.26 Å². The van der Waals surface area contributed by atoms with Crippen molar-refractivity contribution in [3.8, 4) is 23.1 Å². The number of carbonyl (C=O) groups is 1. The number of H-pyrrole nitrogens is 1. The molecule has 0 fully saturated rings. The lowest BCUT2D eigenvalue weighted by atomic mass is 10.1. The molecular formula is C17H13F3N2O4. The summed E-state index contributed by atoms with van der Waals surface area (Å²) in [5.74, 6) is -0.825. The van der Waals surface area contributed by atoms with Crippen LogP contribution >= 0.6 is 0 Å². The van der Waals surface area contributed by atoms with Crippen molar-refractivity contribution >= 4 is 5.97 Å². The molecule has 0 radical (unpaired) electrons. The van der Waals surface area contributed by atoms with Crippen LogP contribution in [0.3, 0.4) is 0 Å². The lowest BCUT2D eigenvalue weighted by Gasteiger charge is -2.10. The highest BCUT2D eigenvalue weighted by Gasteiger charge is 2.28. The number of rotatable bonds is 5. The zero-order valence-corrected chi connectivity index (χ0v) is 13.5. The van der Waals surface area contributed by atoms with E-state index in [1.165, 1.54) is 30.3 Å². The molecule has 0 aliphatic heterocycles. The average molecular weight is 366 g/mol. The van der Waals surface area contributed by atoms with Gasteiger partial charge in [-0.3, -0.25) is 4.79 Å². The summed E-state index contributed by atoms with van der Waals surface area (Å²) >= 11 is 0. The molecule has 1 N–H and O–H groups in total. The van der Waals surface area contributed by atoms with Crippen LogP contribution in [0.1, 0.15) is 22.8 Å². The van der Waals surface area contributed by atoms with E-state index in [1.807, 2.05) is 0 Å². The van der Waals surface area contributed by atoms with Crippen molar-refractivity contribution in [1.82, 2.24) is 4.98 Å². The van der Waals surface area contributed by atoms with Crippen LogP contribution in [0.2, 0.25) is 0 Å². The molecule has 0 unspecified atom stereocenters. The Kier molecular flexibility index (Phi) is 5.67. The summed E-state index contributed by atoms with van der Waals surface area (Å²) in [6.07, 6.45) is -4.45. The van der Waals surface area contributed by atoms with Crippen LogP contribution in [0, 0.1) is 11.3 Å². The van der Waals surface area contributed by atoms with Crippen LogP contribution in [-0.4, -0.2) is 30.3 Å². The Bertz CT molecular complexity index is 896. The van der Waals surface area contributed by atoms with Gasteiger partial charge >= 0.3 is 12.1 Å². The standard InChI is InChI=1S/C17H13F3N2O4/c1-2-25-16(24)12-7-14(22-15(23)13(12)8-21)10-3-5-11(6-4-10)26-9-17(18,19)20/h3-7H,2,9H2,1H3,(H,22,23). The molecule has 0 amide bonds. The second-order valence-electron chi connectivity index (χ2n) is 5.06. The van der Waals surface area contributed by atoms with Crippen LogP contribution in [0.4, 0.5) is 13.2 Å². The van der Waals surface area contributed by atoms with Gasteiger partial charge in [0.05, 0.1) is 12.2 Å². The van der Waals surface area contributed by atoms with Crippen molar-refractivity contribution < 1.29 is 27.4 Å². The maximum absolute atomic E-state index is 12.1. The maximum atomic E-state index is 12.1. The topological polar surface area (TPSA) is 92.2 Å². The Morgan fingerprint density at radius 2 is 1.92 bits per heavy atom. The van der Waals surface area contributed by atoms with E-state index in [0.29, 0.717) is 5.56 Å². The van der Waals surface area contributed by atoms with Gasteiger partial charge in [-0.1, -0.05) is 0 Å². The Morgan fingerprint density at radius 3 is 2.46 bits per heavy atom. The first-order chi connectivity index (χ1) is 12.2. The van der Waals surface area contributed by atoms with Crippen LogP contribution in [0.15, 0.2) is 35.1 Å². The summed E-state index contributed by atoms with van der Waals surface area (Å²) in [6.45, 7) is 0.224. The molecule has 0 spiro atoms. The molecule has 136 valence electrons. The third kappa shape index (κ3) is 4.63. The van der Waals surface area contributed by atoms with Crippen molar-refractivity contribution in [2.75, 3.05) is 13.2 Å². The molecule has 0 saturated heterocycles. The second kappa shape index (κ2) is 7.74. The van der Waals surface area contributed by atoms with Gasteiger partial charge in [0.2, 0.25) is 0 Å². The van der Waals surface area contributed by atoms with Crippen molar-refractivity contribution in [2.45, 2.75) is 13.1 Å². The summed E-state index contributed by atoms with van der Waals surface area (Å²) in [7, 11) is 0. The van der Waals surface area contributed by atoms with E-state index in [4.69, 9.17) is 10.00 Å². The Hall–Kier alpha value is -3.28.